The molecule has 158 valence electrons. The largest absolute Gasteiger partial charge is 0.335 e. The summed E-state index contributed by atoms with van der Waals surface area (Å²) in [4.78, 5) is 14.8. The van der Waals surface area contributed by atoms with E-state index in [0.717, 1.165) is 23.3 Å². The van der Waals surface area contributed by atoms with Gasteiger partial charge in [0.1, 0.15) is 0 Å². The van der Waals surface area contributed by atoms with E-state index < -0.39 is 10.0 Å². The normalized spacial score (nSPS) is 32.3. The molecule has 2 N–H and O–H groups in total. The summed E-state index contributed by atoms with van der Waals surface area (Å²) in [5, 5.41) is 5.25. The Hall–Kier alpha value is -1.66. The van der Waals surface area contributed by atoms with E-state index in [0.29, 0.717) is 0 Å². The Bertz CT molecular complexity index is 915. The fourth-order valence-corrected chi connectivity index (χ4v) is 6.97. The first-order valence-electron chi connectivity index (χ1n) is 10.7. The van der Waals surface area contributed by atoms with E-state index in [4.69, 9.17) is 5.14 Å². The van der Waals surface area contributed by atoms with Crippen LogP contribution in [0.5, 0.6) is 0 Å². The van der Waals surface area contributed by atoms with Gasteiger partial charge in [-0.05, 0) is 93.2 Å². The lowest BCUT2D eigenvalue weighted by molar-refractivity contribution is -0.126. The van der Waals surface area contributed by atoms with Crippen molar-refractivity contribution in [3.8, 4) is 0 Å². The standard InChI is InChI=1S/C23H32N2O3S/c1-15(23-12-17-8-18(13-23)10-19(9-17)14-23)7-22(26)25(3)16(2)20-5-4-6-21(11-20)29(24,27)28/h4-7,11,16-19H,8-10,12-14H2,1-3H3,(H2,24,27,28). The van der Waals surface area contributed by atoms with E-state index in [-0.39, 0.29) is 22.3 Å². The van der Waals surface area contributed by atoms with E-state index in [1.165, 1.54) is 50.2 Å². The van der Waals surface area contributed by atoms with Gasteiger partial charge in [-0.2, -0.15) is 0 Å². The SMILES string of the molecule is CC(=CC(=O)N(C)C(C)c1cccc(S(N)(=O)=O)c1)C12CC3CC(CC(C3)C1)C2. The summed E-state index contributed by atoms with van der Waals surface area (Å²) in [5.74, 6) is 2.51. The number of carbonyl (C=O) groups excluding carboxylic acids is 1. The monoisotopic (exact) mass is 416 g/mol. The minimum atomic E-state index is -3.77. The van der Waals surface area contributed by atoms with Crippen LogP contribution in [0.15, 0.2) is 40.8 Å². The number of benzene rings is 1. The molecular formula is C23H32N2O3S. The number of likely N-dealkylation sites (N-methyl/N-ethyl adjacent to an activating group) is 1. The number of allylic oxidation sites excluding steroid dienone is 1. The molecule has 4 saturated carbocycles. The number of sulfonamides is 1. The smallest absolute Gasteiger partial charge is 0.246 e. The number of hydrogen-bond acceptors (Lipinski definition) is 3. The number of hydrogen-bond donors (Lipinski definition) is 1. The maximum Gasteiger partial charge on any atom is 0.246 e. The molecule has 0 spiro atoms. The van der Waals surface area contributed by atoms with Crippen LogP contribution in [0.2, 0.25) is 0 Å². The third kappa shape index (κ3) is 3.89. The van der Waals surface area contributed by atoms with Crippen LogP contribution in [-0.2, 0) is 14.8 Å². The summed E-state index contributed by atoms with van der Waals surface area (Å²) in [6.45, 7) is 4.05. The Kier molecular flexibility index (Phi) is 5.14. The molecule has 1 amide bonds. The minimum absolute atomic E-state index is 0.0215. The number of amides is 1. The molecule has 1 unspecified atom stereocenters. The molecule has 5 nitrogen and oxygen atoms in total. The zero-order chi connectivity index (χ0) is 21.0. The van der Waals surface area contributed by atoms with Gasteiger partial charge in [0, 0.05) is 13.1 Å². The summed E-state index contributed by atoms with van der Waals surface area (Å²) >= 11 is 0. The summed E-state index contributed by atoms with van der Waals surface area (Å²) in [6, 6.07) is 6.29. The highest BCUT2D eigenvalue weighted by Gasteiger charge is 2.51. The zero-order valence-electron chi connectivity index (χ0n) is 17.6. The van der Waals surface area contributed by atoms with Gasteiger partial charge in [-0.25, -0.2) is 13.6 Å². The van der Waals surface area contributed by atoms with Gasteiger partial charge in [0.05, 0.1) is 10.9 Å². The highest BCUT2D eigenvalue weighted by atomic mass is 32.2. The molecule has 4 bridgehead atoms. The van der Waals surface area contributed by atoms with Gasteiger partial charge in [0.15, 0.2) is 0 Å². The Morgan fingerprint density at radius 3 is 2.24 bits per heavy atom. The minimum Gasteiger partial charge on any atom is -0.335 e. The van der Waals surface area contributed by atoms with E-state index in [1.807, 2.05) is 19.1 Å². The third-order valence-corrected chi connectivity index (χ3v) is 8.72. The van der Waals surface area contributed by atoms with E-state index in [9.17, 15) is 13.2 Å². The average molecular weight is 417 g/mol. The second-order valence-electron chi connectivity index (χ2n) is 9.77. The zero-order valence-corrected chi connectivity index (χ0v) is 18.4. The Labute approximate surface area is 174 Å². The second-order valence-corrected chi connectivity index (χ2v) is 11.3. The number of carbonyl (C=O) groups is 1. The lowest BCUT2D eigenvalue weighted by Gasteiger charge is -2.57. The maximum atomic E-state index is 13.0. The number of nitrogens with zero attached hydrogens (tertiary/aromatic N) is 1. The molecule has 4 aliphatic rings. The fourth-order valence-electron chi connectivity index (χ4n) is 6.40. The molecule has 0 radical (unpaired) electrons. The van der Waals surface area contributed by atoms with Gasteiger partial charge < -0.3 is 4.90 Å². The second kappa shape index (κ2) is 7.24. The molecule has 0 aliphatic heterocycles. The van der Waals surface area contributed by atoms with Crippen LogP contribution >= 0.6 is 0 Å². The van der Waals surface area contributed by atoms with Crippen molar-refractivity contribution < 1.29 is 13.2 Å². The van der Waals surface area contributed by atoms with Gasteiger partial charge in [-0.3, -0.25) is 4.79 Å². The molecule has 5 rings (SSSR count). The molecule has 0 heterocycles. The average Bonchev–Trinajstić information content (AvgIpc) is 2.65. The predicted molar refractivity (Wildman–Crippen MR) is 113 cm³/mol. The van der Waals surface area contributed by atoms with Gasteiger partial charge in [-0.1, -0.05) is 17.7 Å². The van der Waals surface area contributed by atoms with Crippen molar-refractivity contribution in [2.75, 3.05) is 7.05 Å². The molecule has 6 heteroatoms. The van der Waals surface area contributed by atoms with Gasteiger partial charge in [0.25, 0.3) is 0 Å². The summed E-state index contributed by atoms with van der Waals surface area (Å²) in [6.07, 6.45) is 9.72. The lowest BCUT2D eigenvalue weighted by atomic mass is 9.48. The molecule has 4 fully saturated rings. The summed E-state index contributed by atoms with van der Waals surface area (Å²) in [5.41, 5.74) is 2.22. The number of primary sulfonamides is 1. The van der Waals surface area contributed by atoms with Crippen molar-refractivity contribution in [2.24, 2.45) is 28.3 Å². The highest BCUT2D eigenvalue weighted by molar-refractivity contribution is 7.89. The van der Waals surface area contributed by atoms with Crippen LogP contribution in [-0.4, -0.2) is 26.3 Å². The molecule has 29 heavy (non-hydrogen) atoms. The lowest BCUT2D eigenvalue weighted by Crippen LogP contribution is -2.46. The molecule has 1 atom stereocenters. The van der Waals surface area contributed by atoms with Gasteiger partial charge >= 0.3 is 0 Å². The fraction of sp³-hybridized carbons (Fsp3) is 0.609. The molecule has 0 saturated heterocycles. The quantitative estimate of drug-likeness (QED) is 0.736. The van der Waals surface area contributed by atoms with Crippen molar-refractivity contribution >= 4 is 15.9 Å². The number of rotatable bonds is 5. The highest BCUT2D eigenvalue weighted by Crippen LogP contribution is 2.62. The van der Waals surface area contributed by atoms with Crippen molar-refractivity contribution in [1.29, 1.82) is 0 Å². The Balaban J connectivity index is 1.52. The third-order valence-electron chi connectivity index (χ3n) is 7.81. The first-order chi connectivity index (χ1) is 13.6. The molecule has 1 aromatic rings. The maximum absolute atomic E-state index is 13.0. The molecule has 4 aliphatic carbocycles. The van der Waals surface area contributed by atoms with Crippen LogP contribution in [0.3, 0.4) is 0 Å². The Morgan fingerprint density at radius 2 is 1.72 bits per heavy atom. The molecular weight excluding hydrogens is 384 g/mol. The first-order valence-corrected chi connectivity index (χ1v) is 12.2. The van der Waals surface area contributed by atoms with Gasteiger partial charge in [0.2, 0.25) is 15.9 Å². The van der Waals surface area contributed by atoms with Crippen LogP contribution in [0.25, 0.3) is 0 Å². The molecule has 1 aromatic carbocycles. The van der Waals surface area contributed by atoms with Gasteiger partial charge in [-0.15, -0.1) is 0 Å². The Morgan fingerprint density at radius 1 is 1.17 bits per heavy atom. The predicted octanol–water partition coefficient (Wildman–Crippen LogP) is 4.02. The van der Waals surface area contributed by atoms with E-state index in [1.54, 1.807) is 24.1 Å². The van der Waals surface area contributed by atoms with Crippen molar-refractivity contribution in [1.82, 2.24) is 4.90 Å². The summed E-state index contributed by atoms with van der Waals surface area (Å²) < 4.78 is 23.3. The number of nitrogens with two attached hydrogens (primary N) is 1. The van der Waals surface area contributed by atoms with E-state index in [2.05, 4.69) is 6.92 Å². The first kappa shape index (κ1) is 20.6. The van der Waals surface area contributed by atoms with Crippen molar-refractivity contribution in [3.63, 3.8) is 0 Å². The summed E-state index contributed by atoms with van der Waals surface area (Å²) in [7, 11) is -1.99. The molecule has 0 aromatic heterocycles. The van der Waals surface area contributed by atoms with Crippen molar-refractivity contribution in [2.45, 2.75) is 63.3 Å². The topological polar surface area (TPSA) is 80.5 Å². The van der Waals surface area contributed by atoms with Crippen LogP contribution in [0.1, 0.15) is 64.0 Å². The van der Waals surface area contributed by atoms with Crippen LogP contribution < -0.4 is 5.14 Å². The van der Waals surface area contributed by atoms with E-state index >= 15 is 0 Å². The van der Waals surface area contributed by atoms with Crippen molar-refractivity contribution in [3.05, 3.63) is 41.5 Å². The van der Waals surface area contributed by atoms with Crippen LogP contribution in [0.4, 0.5) is 0 Å². The van der Waals surface area contributed by atoms with Crippen LogP contribution in [0, 0.1) is 23.2 Å².